The number of hydrogen-bond acceptors (Lipinski definition) is 3. The van der Waals surface area contributed by atoms with Gasteiger partial charge in [0.1, 0.15) is 0 Å². The Morgan fingerprint density at radius 1 is 1.04 bits per heavy atom. The van der Waals surface area contributed by atoms with Gasteiger partial charge in [0.05, 0.1) is 6.54 Å². The van der Waals surface area contributed by atoms with Crippen LogP contribution >= 0.6 is 0 Å². The van der Waals surface area contributed by atoms with Crippen LogP contribution < -0.4 is 10.2 Å². The molecule has 0 aliphatic carbocycles. The molecular formula is C22H27N3O2. The summed E-state index contributed by atoms with van der Waals surface area (Å²) in [7, 11) is 0. The molecule has 3 rings (SSSR count). The summed E-state index contributed by atoms with van der Waals surface area (Å²) < 4.78 is 0. The molecule has 0 bridgehead atoms. The molecule has 0 saturated carbocycles. The summed E-state index contributed by atoms with van der Waals surface area (Å²) in [6.45, 7) is 6.53. The molecule has 0 atom stereocenters. The highest BCUT2D eigenvalue weighted by Gasteiger charge is 2.19. The molecule has 1 heterocycles. The van der Waals surface area contributed by atoms with Crippen molar-refractivity contribution >= 4 is 23.2 Å². The van der Waals surface area contributed by atoms with Crippen molar-refractivity contribution in [3.63, 3.8) is 0 Å². The van der Waals surface area contributed by atoms with Crippen LogP contribution in [0.25, 0.3) is 0 Å². The van der Waals surface area contributed by atoms with Crippen LogP contribution in [-0.2, 0) is 11.2 Å². The molecule has 2 amide bonds. The number of carbonyl (C=O) groups excluding carboxylic acids is 2. The fourth-order valence-corrected chi connectivity index (χ4v) is 3.54. The first-order valence-corrected chi connectivity index (χ1v) is 9.64. The van der Waals surface area contributed by atoms with E-state index < -0.39 is 0 Å². The van der Waals surface area contributed by atoms with Gasteiger partial charge in [0, 0.05) is 36.6 Å². The van der Waals surface area contributed by atoms with Gasteiger partial charge in [-0.2, -0.15) is 0 Å². The predicted octanol–water partition coefficient (Wildman–Crippen LogP) is 3.56. The molecule has 1 N–H and O–H groups in total. The van der Waals surface area contributed by atoms with Gasteiger partial charge < -0.3 is 15.1 Å². The number of benzene rings is 2. The van der Waals surface area contributed by atoms with Gasteiger partial charge in [-0.25, -0.2) is 0 Å². The van der Waals surface area contributed by atoms with Crippen molar-refractivity contribution in [2.45, 2.75) is 26.7 Å². The van der Waals surface area contributed by atoms with Crippen LogP contribution in [-0.4, -0.2) is 42.9 Å². The van der Waals surface area contributed by atoms with Crippen LogP contribution in [0.15, 0.2) is 48.5 Å². The fraction of sp³-hybridized carbons (Fsp3) is 0.364. The highest BCUT2D eigenvalue weighted by Crippen LogP contribution is 2.26. The summed E-state index contributed by atoms with van der Waals surface area (Å²) in [5.74, 6) is -0.0303. The molecular weight excluding hydrogens is 338 g/mol. The number of nitrogens with one attached hydrogen (secondary N) is 1. The summed E-state index contributed by atoms with van der Waals surface area (Å²) >= 11 is 0. The molecule has 142 valence electrons. The SMILES string of the molecule is CCN(CC)C(=O)c1ccc(NC(=O)CN2CCCc3ccccc32)cc1. The van der Waals surface area contributed by atoms with Crippen molar-refractivity contribution in [1.29, 1.82) is 0 Å². The Kier molecular flexibility index (Phi) is 6.12. The number of hydrogen-bond donors (Lipinski definition) is 1. The standard InChI is InChI=1S/C22H27N3O2/c1-3-24(4-2)22(27)18-11-13-19(14-12-18)23-21(26)16-25-15-7-9-17-8-5-6-10-20(17)25/h5-6,8,10-14H,3-4,7,9,15-16H2,1-2H3,(H,23,26). The minimum absolute atomic E-state index is 0.0165. The Morgan fingerprint density at radius 2 is 1.74 bits per heavy atom. The van der Waals surface area contributed by atoms with Gasteiger partial charge in [0.15, 0.2) is 0 Å². The topological polar surface area (TPSA) is 52.7 Å². The zero-order valence-corrected chi connectivity index (χ0v) is 16.1. The number of aryl methyl sites for hydroxylation is 1. The van der Waals surface area contributed by atoms with Crippen molar-refractivity contribution in [3.8, 4) is 0 Å². The van der Waals surface area contributed by atoms with Crippen LogP contribution in [0.4, 0.5) is 11.4 Å². The first-order chi connectivity index (χ1) is 13.1. The summed E-state index contributed by atoms with van der Waals surface area (Å²) in [6, 6.07) is 15.4. The lowest BCUT2D eigenvalue weighted by molar-refractivity contribution is -0.115. The Hall–Kier alpha value is -2.82. The third-order valence-electron chi connectivity index (χ3n) is 5.01. The minimum atomic E-state index is -0.0467. The van der Waals surface area contributed by atoms with Gasteiger partial charge in [0.2, 0.25) is 5.91 Å². The Bertz CT molecular complexity index is 797. The lowest BCUT2D eigenvalue weighted by Gasteiger charge is -2.30. The molecule has 27 heavy (non-hydrogen) atoms. The monoisotopic (exact) mass is 365 g/mol. The predicted molar refractivity (Wildman–Crippen MR) is 109 cm³/mol. The fourth-order valence-electron chi connectivity index (χ4n) is 3.54. The van der Waals surface area contributed by atoms with Crippen molar-refractivity contribution in [1.82, 2.24) is 4.90 Å². The molecule has 2 aromatic rings. The highest BCUT2D eigenvalue weighted by atomic mass is 16.2. The third kappa shape index (κ3) is 4.48. The second-order valence-electron chi connectivity index (χ2n) is 6.76. The molecule has 5 heteroatoms. The summed E-state index contributed by atoms with van der Waals surface area (Å²) in [5, 5.41) is 2.94. The lowest BCUT2D eigenvalue weighted by Crippen LogP contribution is -2.36. The first-order valence-electron chi connectivity index (χ1n) is 9.64. The van der Waals surface area contributed by atoms with Crippen LogP contribution in [0, 0.1) is 0 Å². The van der Waals surface area contributed by atoms with Crippen LogP contribution in [0.2, 0.25) is 0 Å². The van der Waals surface area contributed by atoms with Gasteiger partial charge in [0.25, 0.3) is 5.91 Å². The second kappa shape index (κ2) is 8.71. The molecule has 0 aromatic heterocycles. The number of anilines is 2. The van der Waals surface area contributed by atoms with E-state index in [2.05, 4.69) is 22.3 Å². The van der Waals surface area contributed by atoms with Crippen LogP contribution in [0.1, 0.15) is 36.2 Å². The largest absolute Gasteiger partial charge is 0.362 e. The van der Waals surface area contributed by atoms with Crippen molar-refractivity contribution in [3.05, 3.63) is 59.7 Å². The number of nitrogens with zero attached hydrogens (tertiary/aromatic N) is 2. The van der Waals surface area contributed by atoms with Crippen molar-refractivity contribution < 1.29 is 9.59 Å². The van der Waals surface area contributed by atoms with Crippen LogP contribution in [0.3, 0.4) is 0 Å². The highest BCUT2D eigenvalue weighted by molar-refractivity contribution is 5.97. The quantitative estimate of drug-likeness (QED) is 0.852. The van der Waals surface area contributed by atoms with Gasteiger partial charge in [-0.1, -0.05) is 18.2 Å². The average Bonchev–Trinajstić information content (AvgIpc) is 2.69. The molecule has 1 aliphatic rings. The Labute approximate surface area is 161 Å². The third-order valence-corrected chi connectivity index (χ3v) is 5.01. The van der Waals surface area contributed by atoms with E-state index in [-0.39, 0.29) is 11.8 Å². The van der Waals surface area contributed by atoms with E-state index in [1.54, 1.807) is 29.2 Å². The van der Waals surface area contributed by atoms with E-state index in [1.807, 2.05) is 26.0 Å². The van der Waals surface area contributed by atoms with Crippen molar-refractivity contribution in [2.75, 3.05) is 36.4 Å². The Balaban J connectivity index is 1.61. The van der Waals surface area contributed by atoms with E-state index in [0.29, 0.717) is 30.9 Å². The average molecular weight is 365 g/mol. The number of amides is 2. The maximum Gasteiger partial charge on any atom is 0.253 e. The summed E-state index contributed by atoms with van der Waals surface area (Å²) in [4.78, 5) is 28.7. The zero-order valence-electron chi connectivity index (χ0n) is 16.1. The summed E-state index contributed by atoms with van der Waals surface area (Å²) in [5.41, 5.74) is 3.80. The molecule has 0 saturated heterocycles. The molecule has 1 aliphatic heterocycles. The van der Waals surface area contributed by atoms with E-state index in [1.165, 1.54) is 5.56 Å². The smallest absolute Gasteiger partial charge is 0.253 e. The van der Waals surface area contributed by atoms with Crippen LogP contribution in [0.5, 0.6) is 0 Å². The molecule has 0 spiro atoms. The molecule has 0 fully saturated rings. The first kappa shape index (κ1) is 19.0. The van der Waals surface area contributed by atoms with E-state index in [9.17, 15) is 9.59 Å². The molecule has 5 nitrogen and oxygen atoms in total. The minimum Gasteiger partial charge on any atom is -0.362 e. The van der Waals surface area contributed by atoms with E-state index >= 15 is 0 Å². The molecule has 2 aromatic carbocycles. The number of rotatable bonds is 6. The maximum atomic E-state index is 12.5. The van der Waals surface area contributed by atoms with E-state index in [4.69, 9.17) is 0 Å². The number of carbonyl (C=O) groups is 2. The van der Waals surface area contributed by atoms with Gasteiger partial charge in [-0.05, 0) is 62.6 Å². The lowest BCUT2D eigenvalue weighted by atomic mass is 10.0. The van der Waals surface area contributed by atoms with E-state index in [0.717, 1.165) is 25.1 Å². The zero-order chi connectivity index (χ0) is 19.2. The summed E-state index contributed by atoms with van der Waals surface area (Å²) in [6.07, 6.45) is 2.13. The number of para-hydroxylation sites is 1. The molecule has 0 unspecified atom stereocenters. The number of fused-ring (bicyclic) bond motifs is 1. The second-order valence-corrected chi connectivity index (χ2v) is 6.76. The maximum absolute atomic E-state index is 12.5. The Morgan fingerprint density at radius 3 is 2.44 bits per heavy atom. The van der Waals surface area contributed by atoms with Gasteiger partial charge in [-0.3, -0.25) is 9.59 Å². The van der Waals surface area contributed by atoms with Crippen molar-refractivity contribution in [2.24, 2.45) is 0 Å². The van der Waals surface area contributed by atoms with Gasteiger partial charge in [-0.15, -0.1) is 0 Å². The molecule has 0 radical (unpaired) electrons. The normalized spacial score (nSPS) is 13.0. The van der Waals surface area contributed by atoms with Gasteiger partial charge >= 0.3 is 0 Å².